The summed E-state index contributed by atoms with van der Waals surface area (Å²) in [7, 11) is 0. The molecule has 0 radical (unpaired) electrons. The number of alkyl halides is 1. The van der Waals surface area contributed by atoms with E-state index in [1.165, 1.54) is 9.75 Å². The van der Waals surface area contributed by atoms with Gasteiger partial charge in [-0.05, 0) is 39.8 Å². The summed E-state index contributed by atoms with van der Waals surface area (Å²) >= 11 is 8.16. The molecule has 3 aromatic heterocycles. The number of nitrogens with zero attached hydrogens (tertiary/aromatic N) is 4. The van der Waals surface area contributed by atoms with Gasteiger partial charge in [-0.3, -0.25) is 0 Å². The average molecular weight is 323 g/mol. The Labute approximate surface area is 133 Å². The Morgan fingerprint density at radius 2 is 2.10 bits per heavy atom. The zero-order valence-electron chi connectivity index (χ0n) is 12.7. The maximum Gasteiger partial charge on any atom is 0.159 e. The second-order valence-electron chi connectivity index (χ2n) is 5.26. The van der Waals surface area contributed by atoms with Crippen LogP contribution in [0.4, 0.5) is 0 Å². The molecule has 0 aliphatic rings. The topological polar surface area (TPSA) is 35.6 Å². The number of thiophene rings is 1. The molecule has 112 valence electrons. The lowest BCUT2D eigenvalue weighted by molar-refractivity contribution is 0.635. The van der Waals surface area contributed by atoms with Gasteiger partial charge in [0.15, 0.2) is 5.65 Å². The SMILES string of the molecule is CCn1nc(C)c2nc(C(C)Cl)n(Cc3ccc(C)s3)c21. The monoisotopic (exact) mass is 322 g/mol. The molecular formula is C15H19ClN4S. The summed E-state index contributed by atoms with van der Waals surface area (Å²) in [6.07, 6.45) is 0. The van der Waals surface area contributed by atoms with Gasteiger partial charge in [0.1, 0.15) is 11.3 Å². The summed E-state index contributed by atoms with van der Waals surface area (Å²) in [5, 5.41) is 4.45. The van der Waals surface area contributed by atoms with Crippen LogP contribution in [0.15, 0.2) is 12.1 Å². The number of rotatable bonds is 4. The van der Waals surface area contributed by atoms with Crippen molar-refractivity contribution < 1.29 is 0 Å². The van der Waals surface area contributed by atoms with Crippen LogP contribution in [0.5, 0.6) is 0 Å². The fraction of sp³-hybridized carbons (Fsp3) is 0.467. The third-order valence-electron chi connectivity index (χ3n) is 3.59. The minimum atomic E-state index is -0.122. The molecule has 3 heterocycles. The number of imidazole rings is 1. The molecule has 0 fully saturated rings. The lowest BCUT2D eigenvalue weighted by atomic mass is 10.4. The molecule has 0 aliphatic heterocycles. The first-order valence-corrected chi connectivity index (χ1v) is 8.39. The Balaban J connectivity index is 2.19. The third kappa shape index (κ3) is 2.49. The first kappa shape index (κ1) is 14.6. The lowest BCUT2D eigenvalue weighted by Gasteiger charge is -2.10. The zero-order valence-corrected chi connectivity index (χ0v) is 14.3. The molecule has 0 amide bonds. The molecular weight excluding hydrogens is 304 g/mol. The molecule has 4 nitrogen and oxygen atoms in total. The molecule has 0 saturated heterocycles. The van der Waals surface area contributed by atoms with E-state index in [9.17, 15) is 0 Å². The molecule has 3 rings (SSSR count). The van der Waals surface area contributed by atoms with E-state index in [4.69, 9.17) is 16.6 Å². The molecule has 0 spiro atoms. The van der Waals surface area contributed by atoms with Crippen LogP contribution < -0.4 is 0 Å². The van der Waals surface area contributed by atoms with E-state index in [1.807, 2.05) is 29.9 Å². The molecule has 0 aliphatic carbocycles. The van der Waals surface area contributed by atoms with Crippen LogP contribution in [0, 0.1) is 13.8 Å². The first-order valence-electron chi connectivity index (χ1n) is 7.14. The van der Waals surface area contributed by atoms with Crippen molar-refractivity contribution in [3.05, 3.63) is 33.4 Å². The predicted molar refractivity (Wildman–Crippen MR) is 88.4 cm³/mol. The summed E-state index contributed by atoms with van der Waals surface area (Å²) < 4.78 is 4.22. The summed E-state index contributed by atoms with van der Waals surface area (Å²) in [5.41, 5.74) is 3.00. The maximum atomic E-state index is 6.35. The Hall–Kier alpha value is -1.33. The van der Waals surface area contributed by atoms with E-state index in [-0.39, 0.29) is 5.38 Å². The minimum absolute atomic E-state index is 0.122. The van der Waals surface area contributed by atoms with Crippen LogP contribution in [0.25, 0.3) is 11.2 Å². The van der Waals surface area contributed by atoms with E-state index < -0.39 is 0 Å². The second kappa shape index (κ2) is 5.46. The van der Waals surface area contributed by atoms with Crippen LogP contribution >= 0.6 is 22.9 Å². The Morgan fingerprint density at radius 3 is 2.67 bits per heavy atom. The van der Waals surface area contributed by atoms with Gasteiger partial charge >= 0.3 is 0 Å². The zero-order chi connectivity index (χ0) is 15.1. The van der Waals surface area contributed by atoms with Gasteiger partial charge in [0.2, 0.25) is 0 Å². The number of aryl methyl sites for hydroxylation is 3. The van der Waals surface area contributed by atoms with Gasteiger partial charge in [-0.1, -0.05) is 0 Å². The number of hydrogen-bond acceptors (Lipinski definition) is 3. The molecule has 0 aromatic carbocycles. The fourth-order valence-corrected chi connectivity index (χ4v) is 3.69. The number of hydrogen-bond donors (Lipinski definition) is 0. The van der Waals surface area contributed by atoms with Gasteiger partial charge < -0.3 is 4.57 Å². The molecule has 0 N–H and O–H groups in total. The van der Waals surface area contributed by atoms with Gasteiger partial charge in [0.25, 0.3) is 0 Å². The van der Waals surface area contributed by atoms with Crippen LogP contribution in [-0.2, 0) is 13.1 Å². The van der Waals surface area contributed by atoms with Crippen molar-refractivity contribution in [2.45, 2.75) is 46.2 Å². The minimum Gasteiger partial charge on any atom is -0.306 e. The normalized spacial score (nSPS) is 13.2. The molecule has 0 saturated carbocycles. The number of halogens is 1. The van der Waals surface area contributed by atoms with Crippen LogP contribution in [0.1, 0.15) is 40.5 Å². The molecule has 0 bridgehead atoms. The average Bonchev–Trinajstić information content (AvgIpc) is 3.08. The van der Waals surface area contributed by atoms with Crippen molar-refractivity contribution in [1.82, 2.24) is 19.3 Å². The molecule has 21 heavy (non-hydrogen) atoms. The van der Waals surface area contributed by atoms with E-state index in [0.717, 1.165) is 35.8 Å². The Kier molecular flexibility index (Phi) is 3.80. The van der Waals surface area contributed by atoms with Crippen molar-refractivity contribution in [1.29, 1.82) is 0 Å². The van der Waals surface area contributed by atoms with Gasteiger partial charge in [-0.2, -0.15) is 5.10 Å². The first-order chi connectivity index (χ1) is 10.0. The van der Waals surface area contributed by atoms with E-state index in [0.29, 0.717) is 0 Å². The smallest absolute Gasteiger partial charge is 0.159 e. The highest BCUT2D eigenvalue weighted by molar-refractivity contribution is 7.11. The van der Waals surface area contributed by atoms with Crippen molar-refractivity contribution >= 4 is 34.1 Å². The summed E-state index contributed by atoms with van der Waals surface area (Å²) in [4.78, 5) is 7.37. The second-order valence-corrected chi connectivity index (χ2v) is 7.29. The van der Waals surface area contributed by atoms with Crippen molar-refractivity contribution in [3.63, 3.8) is 0 Å². The molecule has 6 heteroatoms. The van der Waals surface area contributed by atoms with Gasteiger partial charge in [0.05, 0.1) is 17.6 Å². The van der Waals surface area contributed by atoms with Crippen LogP contribution in [0.3, 0.4) is 0 Å². The summed E-state index contributed by atoms with van der Waals surface area (Å²) in [6.45, 7) is 9.83. The predicted octanol–water partition coefficient (Wildman–Crippen LogP) is 4.28. The summed E-state index contributed by atoms with van der Waals surface area (Å²) in [6, 6.07) is 4.33. The summed E-state index contributed by atoms with van der Waals surface area (Å²) in [5.74, 6) is 0.917. The van der Waals surface area contributed by atoms with E-state index >= 15 is 0 Å². The van der Waals surface area contributed by atoms with Gasteiger partial charge in [0, 0.05) is 16.3 Å². The molecule has 1 unspecified atom stereocenters. The highest BCUT2D eigenvalue weighted by Crippen LogP contribution is 2.28. The van der Waals surface area contributed by atoms with Crippen LogP contribution in [0.2, 0.25) is 0 Å². The standard InChI is InChI=1S/C15H19ClN4S/c1-5-20-15-13(11(4)18-20)17-14(10(3)16)19(15)8-12-7-6-9(2)21-12/h6-7,10H,5,8H2,1-4H3. The van der Waals surface area contributed by atoms with E-state index in [2.05, 4.69) is 35.6 Å². The van der Waals surface area contributed by atoms with Gasteiger partial charge in [-0.25, -0.2) is 9.67 Å². The Morgan fingerprint density at radius 1 is 1.33 bits per heavy atom. The molecule has 1 atom stereocenters. The number of aromatic nitrogens is 4. The highest BCUT2D eigenvalue weighted by atomic mass is 35.5. The Bertz CT molecular complexity index is 781. The van der Waals surface area contributed by atoms with Gasteiger partial charge in [-0.15, -0.1) is 22.9 Å². The highest BCUT2D eigenvalue weighted by Gasteiger charge is 2.21. The maximum absolute atomic E-state index is 6.35. The van der Waals surface area contributed by atoms with Crippen molar-refractivity contribution in [2.24, 2.45) is 0 Å². The lowest BCUT2D eigenvalue weighted by Crippen LogP contribution is -2.09. The molecule has 3 aromatic rings. The van der Waals surface area contributed by atoms with Crippen molar-refractivity contribution in [3.8, 4) is 0 Å². The quantitative estimate of drug-likeness (QED) is 0.672. The largest absolute Gasteiger partial charge is 0.306 e. The number of fused-ring (bicyclic) bond motifs is 1. The van der Waals surface area contributed by atoms with Crippen LogP contribution in [-0.4, -0.2) is 19.3 Å². The third-order valence-corrected chi connectivity index (χ3v) is 4.77. The van der Waals surface area contributed by atoms with E-state index in [1.54, 1.807) is 0 Å². The van der Waals surface area contributed by atoms with Crippen molar-refractivity contribution in [2.75, 3.05) is 0 Å². The fourth-order valence-electron chi connectivity index (χ4n) is 2.65.